The predicted molar refractivity (Wildman–Crippen MR) is 124 cm³/mol. The van der Waals surface area contributed by atoms with Gasteiger partial charge in [0.2, 0.25) is 0 Å². The van der Waals surface area contributed by atoms with Crippen molar-refractivity contribution in [2.45, 2.75) is 51.4 Å². The largest absolute Gasteiger partial charge is 0.497 e. The van der Waals surface area contributed by atoms with E-state index in [0.717, 1.165) is 50.1 Å². The molecule has 2 aromatic rings. The second kappa shape index (κ2) is 10.2. The van der Waals surface area contributed by atoms with Crippen LogP contribution in [0.1, 0.15) is 44.2 Å². The van der Waals surface area contributed by atoms with Crippen LogP contribution in [0.25, 0.3) is 0 Å². The van der Waals surface area contributed by atoms with Gasteiger partial charge in [-0.3, -0.25) is 4.90 Å². The molecule has 2 aromatic carbocycles. The number of methoxy groups -OCH3 is 1. The first-order valence-corrected chi connectivity index (χ1v) is 11.6. The molecule has 0 amide bonds. The summed E-state index contributed by atoms with van der Waals surface area (Å²) in [5, 5.41) is 0. The van der Waals surface area contributed by atoms with Gasteiger partial charge in [-0.2, -0.15) is 0 Å². The summed E-state index contributed by atoms with van der Waals surface area (Å²) in [7, 11) is 1.70. The maximum Gasteiger partial charge on any atom is 0.195 e. The molecule has 2 aliphatic rings. The van der Waals surface area contributed by atoms with E-state index in [4.69, 9.17) is 14.2 Å². The lowest BCUT2D eigenvalue weighted by molar-refractivity contribution is -0.172. The van der Waals surface area contributed by atoms with Gasteiger partial charge in [-0.15, -0.1) is 0 Å². The lowest BCUT2D eigenvalue weighted by Crippen LogP contribution is -2.43. The van der Waals surface area contributed by atoms with Crippen molar-refractivity contribution in [3.8, 4) is 5.75 Å². The van der Waals surface area contributed by atoms with Crippen molar-refractivity contribution in [3.05, 3.63) is 76.6 Å². The molecule has 172 valence electrons. The average molecular weight is 440 g/mol. The van der Waals surface area contributed by atoms with Gasteiger partial charge in [-0.05, 0) is 69.5 Å². The van der Waals surface area contributed by atoms with Gasteiger partial charge in [0.05, 0.1) is 20.3 Å². The molecule has 0 spiro atoms. The Hall–Kier alpha value is -2.21. The van der Waals surface area contributed by atoms with E-state index < -0.39 is 5.79 Å². The summed E-state index contributed by atoms with van der Waals surface area (Å²) in [6.07, 6.45) is 3.80. The fourth-order valence-corrected chi connectivity index (χ4v) is 4.89. The average Bonchev–Trinajstić information content (AvgIpc) is 3.29. The summed E-state index contributed by atoms with van der Waals surface area (Å²) in [5.41, 5.74) is 5.20. The number of hydrogen-bond acceptors (Lipinski definition) is 4. The van der Waals surface area contributed by atoms with Crippen molar-refractivity contribution in [1.82, 2.24) is 4.90 Å². The van der Waals surface area contributed by atoms with E-state index in [9.17, 15) is 4.39 Å². The smallest absolute Gasteiger partial charge is 0.195 e. The normalized spacial score (nSPS) is 21.2. The zero-order valence-corrected chi connectivity index (χ0v) is 19.4. The standard InChI is InChI=1S/C27H34FNO3/c1-20-13-16-29(26(21(20)2)19-22-5-11-25(30-3)12-6-22)15-4-14-27(31-17-18-32-27)23-7-9-24(28)10-8-23/h5-12,26H,4,13-19H2,1-3H3. The summed E-state index contributed by atoms with van der Waals surface area (Å²) in [4.78, 5) is 2.60. The molecular formula is C27H34FNO3. The van der Waals surface area contributed by atoms with Gasteiger partial charge in [0, 0.05) is 24.6 Å². The van der Waals surface area contributed by atoms with Gasteiger partial charge in [-0.1, -0.05) is 35.4 Å². The van der Waals surface area contributed by atoms with Gasteiger partial charge < -0.3 is 14.2 Å². The molecule has 4 nitrogen and oxygen atoms in total. The highest BCUT2D eigenvalue weighted by atomic mass is 19.1. The van der Waals surface area contributed by atoms with Crippen LogP contribution >= 0.6 is 0 Å². The zero-order chi connectivity index (χ0) is 22.6. The molecule has 0 aromatic heterocycles. The molecule has 1 fully saturated rings. The number of halogens is 1. The maximum atomic E-state index is 13.4. The molecule has 1 unspecified atom stereocenters. The Kier molecular flexibility index (Phi) is 7.29. The number of nitrogens with zero attached hydrogens (tertiary/aromatic N) is 1. The fraction of sp³-hybridized carbons (Fsp3) is 0.481. The molecule has 0 aliphatic carbocycles. The predicted octanol–water partition coefficient (Wildman–Crippen LogP) is 5.47. The van der Waals surface area contributed by atoms with Gasteiger partial charge in [0.25, 0.3) is 0 Å². The number of ether oxygens (including phenoxy) is 3. The van der Waals surface area contributed by atoms with Crippen LogP contribution in [0, 0.1) is 5.82 Å². The Bertz CT molecular complexity index is 917. The van der Waals surface area contributed by atoms with Crippen molar-refractivity contribution in [2.24, 2.45) is 0 Å². The highest BCUT2D eigenvalue weighted by Gasteiger charge is 2.38. The summed E-state index contributed by atoms with van der Waals surface area (Å²) in [6, 6.07) is 15.3. The number of benzene rings is 2. The summed E-state index contributed by atoms with van der Waals surface area (Å²) in [6.45, 7) is 7.72. The van der Waals surface area contributed by atoms with E-state index in [0.29, 0.717) is 19.3 Å². The molecule has 5 heteroatoms. The minimum Gasteiger partial charge on any atom is -0.497 e. The summed E-state index contributed by atoms with van der Waals surface area (Å²) in [5.74, 6) is -0.106. The number of rotatable bonds is 8. The molecule has 2 aliphatic heterocycles. The van der Waals surface area contributed by atoms with Gasteiger partial charge in [0.1, 0.15) is 11.6 Å². The minimum absolute atomic E-state index is 0.241. The van der Waals surface area contributed by atoms with E-state index in [1.165, 1.54) is 28.8 Å². The first-order valence-electron chi connectivity index (χ1n) is 11.6. The van der Waals surface area contributed by atoms with Crippen molar-refractivity contribution in [1.29, 1.82) is 0 Å². The van der Waals surface area contributed by atoms with Crippen molar-refractivity contribution in [2.75, 3.05) is 33.4 Å². The van der Waals surface area contributed by atoms with Crippen LogP contribution in [0.5, 0.6) is 5.75 Å². The Labute approximate surface area is 191 Å². The van der Waals surface area contributed by atoms with Crippen molar-refractivity contribution in [3.63, 3.8) is 0 Å². The molecule has 1 atom stereocenters. The first-order chi connectivity index (χ1) is 15.5. The third-order valence-corrected chi connectivity index (χ3v) is 6.96. The molecule has 0 N–H and O–H groups in total. The Morgan fingerprint density at radius 3 is 2.38 bits per heavy atom. The Morgan fingerprint density at radius 2 is 1.72 bits per heavy atom. The van der Waals surface area contributed by atoms with Gasteiger partial charge >= 0.3 is 0 Å². The second-order valence-corrected chi connectivity index (χ2v) is 8.88. The SMILES string of the molecule is COc1ccc(CC2C(C)=C(C)CCN2CCCC2(c3ccc(F)cc3)OCCO2)cc1. The topological polar surface area (TPSA) is 30.9 Å². The van der Waals surface area contributed by atoms with Crippen LogP contribution < -0.4 is 4.74 Å². The molecule has 32 heavy (non-hydrogen) atoms. The Balaban J connectivity index is 1.43. The minimum atomic E-state index is -0.754. The highest BCUT2D eigenvalue weighted by Crippen LogP contribution is 2.36. The van der Waals surface area contributed by atoms with E-state index in [2.05, 4.69) is 30.9 Å². The van der Waals surface area contributed by atoms with Crippen molar-refractivity contribution >= 4 is 0 Å². The first kappa shape index (κ1) is 23.0. The third-order valence-electron chi connectivity index (χ3n) is 6.96. The van der Waals surface area contributed by atoms with Crippen LogP contribution in [0.2, 0.25) is 0 Å². The lowest BCUT2D eigenvalue weighted by Gasteiger charge is -2.38. The molecule has 0 radical (unpaired) electrons. The van der Waals surface area contributed by atoms with Crippen LogP contribution in [0.4, 0.5) is 4.39 Å². The third kappa shape index (κ3) is 5.06. The van der Waals surface area contributed by atoms with E-state index in [1.54, 1.807) is 19.2 Å². The quantitative estimate of drug-likeness (QED) is 0.511. The molecule has 0 bridgehead atoms. The molecule has 4 rings (SSSR count). The molecule has 2 heterocycles. The van der Waals surface area contributed by atoms with Crippen LogP contribution in [0.15, 0.2) is 59.7 Å². The number of hydrogen-bond donors (Lipinski definition) is 0. The highest BCUT2D eigenvalue weighted by molar-refractivity contribution is 5.30. The lowest BCUT2D eigenvalue weighted by atomic mass is 9.89. The second-order valence-electron chi connectivity index (χ2n) is 8.88. The monoisotopic (exact) mass is 439 g/mol. The maximum absolute atomic E-state index is 13.4. The van der Waals surface area contributed by atoms with E-state index >= 15 is 0 Å². The van der Waals surface area contributed by atoms with Crippen LogP contribution in [-0.2, 0) is 21.7 Å². The van der Waals surface area contributed by atoms with E-state index in [1.807, 2.05) is 12.1 Å². The fourth-order valence-electron chi connectivity index (χ4n) is 4.89. The summed E-state index contributed by atoms with van der Waals surface area (Å²) >= 11 is 0. The Morgan fingerprint density at radius 1 is 1.03 bits per heavy atom. The molecular weight excluding hydrogens is 405 g/mol. The molecule has 1 saturated heterocycles. The van der Waals surface area contributed by atoms with Gasteiger partial charge in [0.15, 0.2) is 5.79 Å². The zero-order valence-electron chi connectivity index (χ0n) is 19.4. The van der Waals surface area contributed by atoms with E-state index in [-0.39, 0.29) is 5.82 Å². The van der Waals surface area contributed by atoms with Crippen molar-refractivity contribution < 1.29 is 18.6 Å². The summed E-state index contributed by atoms with van der Waals surface area (Å²) < 4.78 is 30.8. The van der Waals surface area contributed by atoms with Gasteiger partial charge in [-0.25, -0.2) is 4.39 Å². The molecule has 0 saturated carbocycles. The van der Waals surface area contributed by atoms with Crippen LogP contribution in [0.3, 0.4) is 0 Å². The van der Waals surface area contributed by atoms with Crippen LogP contribution in [-0.4, -0.2) is 44.4 Å².